The number of amides is 1. The van der Waals surface area contributed by atoms with Gasteiger partial charge in [-0.25, -0.2) is 0 Å². The molecular weight excluding hydrogens is 264 g/mol. The maximum Gasteiger partial charge on any atom is 0.253 e. The predicted octanol–water partition coefficient (Wildman–Crippen LogP) is 2.33. The fourth-order valence-electron chi connectivity index (χ4n) is 2.66. The Morgan fingerprint density at radius 3 is 2.19 bits per heavy atom. The second kappa shape index (κ2) is 7.36. The van der Waals surface area contributed by atoms with Crippen LogP contribution in [-0.4, -0.2) is 47.7 Å². The van der Waals surface area contributed by atoms with E-state index in [0.29, 0.717) is 18.6 Å². The van der Waals surface area contributed by atoms with Gasteiger partial charge in [-0.3, -0.25) is 14.5 Å². The Bertz CT molecular complexity index is 482. The van der Waals surface area contributed by atoms with Crippen molar-refractivity contribution in [3.8, 4) is 0 Å². The Kier molecular flexibility index (Phi) is 5.51. The van der Waals surface area contributed by atoms with Gasteiger partial charge < -0.3 is 4.90 Å². The van der Waals surface area contributed by atoms with Gasteiger partial charge in [-0.1, -0.05) is 12.1 Å². The highest BCUT2D eigenvalue weighted by molar-refractivity contribution is 5.94. The lowest BCUT2D eigenvalue weighted by Gasteiger charge is -2.25. The highest BCUT2D eigenvalue weighted by Crippen LogP contribution is 2.13. The van der Waals surface area contributed by atoms with Crippen LogP contribution in [0.1, 0.15) is 42.6 Å². The number of piperidine rings is 1. The molecule has 1 aromatic carbocycles. The van der Waals surface area contributed by atoms with E-state index >= 15 is 0 Å². The molecule has 1 heterocycles. The van der Waals surface area contributed by atoms with E-state index in [4.69, 9.17) is 0 Å². The fourth-order valence-corrected chi connectivity index (χ4v) is 2.66. The van der Waals surface area contributed by atoms with Gasteiger partial charge in [0.2, 0.25) is 0 Å². The smallest absolute Gasteiger partial charge is 0.253 e. The molecule has 0 aliphatic carbocycles. The number of hydrogen-bond acceptors (Lipinski definition) is 3. The zero-order valence-electron chi connectivity index (χ0n) is 13.0. The van der Waals surface area contributed by atoms with Gasteiger partial charge in [-0.05, 0) is 31.5 Å². The number of likely N-dealkylation sites (tertiary alicyclic amines) is 1. The van der Waals surface area contributed by atoms with E-state index < -0.39 is 0 Å². The Labute approximate surface area is 126 Å². The number of nitrogens with zero attached hydrogens (tertiary/aromatic N) is 2. The molecular formula is C17H24N2O2. The first-order valence-electron chi connectivity index (χ1n) is 7.76. The Balaban J connectivity index is 1.95. The SMILES string of the molecule is CCN(CC)C(=O)c1ccc(CN2CCC(=O)CC2)cc1. The van der Waals surface area contributed by atoms with Crippen molar-refractivity contribution in [2.45, 2.75) is 33.2 Å². The van der Waals surface area contributed by atoms with E-state index in [1.807, 2.05) is 43.0 Å². The first-order chi connectivity index (χ1) is 10.1. The van der Waals surface area contributed by atoms with Crippen molar-refractivity contribution in [1.82, 2.24) is 9.80 Å². The number of hydrogen-bond donors (Lipinski definition) is 0. The minimum absolute atomic E-state index is 0.0927. The third-order valence-electron chi connectivity index (χ3n) is 4.07. The summed E-state index contributed by atoms with van der Waals surface area (Å²) in [7, 11) is 0. The van der Waals surface area contributed by atoms with Crippen LogP contribution >= 0.6 is 0 Å². The first kappa shape index (κ1) is 15.7. The normalized spacial score (nSPS) is 16.0. The number of carbonyl (C=O) groups is 2. The second-order valence-corrected chi connectivity index (χ2v) is 5.49. The molecule has 114 valence electrons. The van der Waals surface area contributed by atoms with Crippen molar-refractivity contribution in [3.63, 3.8) is 0 Å². The number of ketones is 1. The Morgan fingerprint density at radius 1 is 1.10 bits per heavy atom. The van der Waals surface area contributed by atoms with Gasteiger partial charge in [0.05, 0.1) is 0 Å². The topological polar surface area (TPSA) is 40.6 Å². The van der Waals surface area contributed by atoms with Gasteiger partial charge in [0.1, 0.15) is 5.78 Å². The molecule has 1 aliphatic heterocycles. The summed E-state index contributed by atoms with van der Waals surface area (Å²) in [5.74, 6) is 0.460. The zero-order chi connectivity index (χ0) is 15.2. The third kappa shape index (κ3) is 4.14. The van der Waals surface area contributed by atoms with E-state index in [9.17, 15) is 9.59 Å². The van der Waals surface area contributed by atoms with Gasteiger partial charge in [0.15, 0.2) is 0 Å². The van der Waals surface area contributed by atoms with Crippen molar-refractivity contribution >= 4 is 11.7 Å². The maximum atomic E-state index is 12.2. The summed E-state index contributed by atoms with van der Waals surface area (Å²) in [6.45, 7) is 8.00. The molecule has 0 N–H and O–H groups in total. The molecule has 21 heavy (non-hydrogen) atoms. The predicted molar refractivity (Wildman–Crippen MR) is 83.2 cm³/mol. The molecule has 0 atom stereocenters. The van der Waals surface area contributed by atoms with E-state index in [2.05, 4.69) is 4.90 Å². The van der Waals surface area contributed by atoms with Gasteiger partial charge >= 0.3 is 0 Å². The van der Waals surface area contributed by atoms with Crippen molar-refractivity contribution in [2.75, 3.05) is 26.2 Å². The summed E-state index contributed by atoms with van der Waals surface area (Å²) in [5.41, 5.74) is 1.94. The molecule has 1 aromatic rings. The van der Waals surface area contributed by atoms with Crippen LogP contribution in [0.2, 0.25) is 0 Å². The van der Waals surface area contributed by atoms with E-state index in [0.717, 1.165) is 38.3 Å². The zero-order valence-corrected chi connectivity index (χ0v) is 13.0. The van der Waals surface area contributed by atoms with Crippen molar-refractivity contribution < 1.29 is 9.59 Å². The molecule has 1 saturated heterocycles. The lowest BCUT2D eigenvalue weighted by Crippen LogP contribution is -2.33. The standard InChI is InChI=1S/C17H24N2O2/c1-3-19(4-2)17(21)15-7-5-14(6-8-15)13-18-11-9-16(20)10-12-18/h5-8H,3-4,9-13H2,1-2H3. The van der Waals surface area contributed by atoms with E-state index in [-0.39, 0.29) is 5.91 Å². The van der Waals surface area contributed by atoms with Crippen LogP contribution in [0.25, 0.3) is 0 Å². The van der Waals surface area contributed by atoms with E-state index in [1.165, 1.54) is 5.56 Å². The van der Waals surface area contributed by atoms with Crippen LogP contribution in [0.15, 0.2) is 24.3 Å². The van der Waals surface area contributed by atoms with Gasteiger partial charge in [-0.2, -0.15) is 0 Å². The highest BCUT2D eigenvalue weighted by Gasteiger charge is 2.16. The van der Waals surface area contributed by atoms with Crippen LogP contribution in [0.5, 0.6) is 0 Å². The average molecular weight is 288 g/mol. The lowest BCUT2D eigenvalue weighted by molar-refractivity contribution is -0.121. The molecule has 0 radical (unpaired) electrons. The summed E-state index contributed by atoms with van der Waals surface area (Å²) in [6.07, 6.45) is 1.33. The van der Waals surface area contributed by atoms with Gasteiger partial charge in [0, 0.05) is 51.1 Å². The highest BCUT2D eigenvalue weighted by atomic mass is 16.2. The van der Waals surface area contributed by atoms with Crippen molar-refractivity contribution in [2.24, 2.45) is 0 Å². The van der Waals surface area contributed by atoms with Crippen LogP contribution in [0, 0.1) is 0 Å². The largest absolute Gasteiger partial charge is 0.339 e. The molecule has 0 bridgehead atoms. The van der Waals surface area contributed by atoms with Gasteiger partial charge in [0.25, 0.3) is 5.91 Å². The Hall–Kier alpha value is -1.68. The fraction of sp³-hybridized carbons (Fsp3) is 0.529. The quantitative estimate of drug-likeness (QED) is 0.835. The van der Waals surface area contributed by atoms with Crippen LogP contribution in [-0.2, 0) is 11.3 Å². The molecule has 4 heteroatoms. The van der Waals surface area contributed by atoms with Crippen LogP contribution in [0.3, 0.4) is 0 Å². The molecule has 0 aromatic heterocycles. The first-order valence-corrected chi connectivity index (χ1v) is 7.76. The van der Waals surface area contributed by atoms with Gasteiger partial charge in [-0.15, -0.1) is 0 Å². The number of carbonyl (C=O) groups excluding carboxylic acids is 2. The Morgan fingerprint density at radius 2 is 1.67 bits per heavy atom. The van der Waals surface area contributed by atoms with Crippen LogP contribution in [0.4, 0.5) is 0 Å². The average Bonchev–Trinajstić information content (AvgIpc) is 2.51. The molecule has 0 spiro atoms. The molecule has 1 fully saturated rings. The molecule has 2 rings (SSSR count). The molecule has 1 amide bonds. The van der Waals surface area contributed by atoms with Crippen molar-refractivity contribution in [1.29, 1.82) is 0 Å². The minimum Gasteiger partial charge on any atom is -0.339 e. The summed E-state index contributed by atoms with van der Waals surface area (Å²) in [4.78, 5) is 27.6. The van der Waals surface area contributed by atoms with Crippen LogP contribution < -0.4 is 0 Å². The number of rotatable bonds is 5. The summed E-state index contributed by atoms with van der Waals surface area (Å²) in [5, 5.41) is 0. The number of benzene rings is 1. The summed E-state index contributed by atoms with van der Waals surface area (Å²) >= 11 is 0. The molecule has 0 saturated carbocycles. The summed E-state index contributed by atoms with van der Waals surface area (Å²) in [6, 6.07) is 7.86. The van der Waals surface area contributed by atoms with Crippen molar-refractivity contribution in [3.05, 3.63) is 35.4 Å². The molecule has 1 aliphatic rings. The molecule has 4 nitrogen and oxygen atoms in total. The summed E-state index contributed by atoms with van der Waals surface area (Å²) < 4.78 is 0. The number of Topliss-reactive ketones (excluding diaryl/α,β-unsaturated/α-hetero) is 1. The maximum absolute atomic E-state index is 12.2. The second-order valence-electron chi connectivity index (χ2n) is 5.49. The van der Waals surface area contributed by atoms with E-state index in [1.54, 1.807) is 0 Å². The lowest BCUT2D eigenvalue weighted by atomic mass is 10.1. The minimum atomic E-state index is 0.0927. The molecule has 0 unspecified atom stereocenters. The monoisotopic (exact) mass is 288 g/mol. The third-order valence-corrected chi connectivity index (χ3v) is 4.07.